The topological polar surface area (TPSA) is 9.23 Å². The summed E-state index contributed by atoms with van der Waals surface area (Å²) in [6.45, 7) is 2.97. The van der Waals surface area contributed by atoms with Crippen LogP contribution in [0.3, 0.4) is 0 Å². The zero-order chi connectivity index (χ0) is 15.3. The smallest absolute Gasteiger partial charge is 0.341 e. The van der Waals surface area contributed by atoms with Crippen LogP contribution >= 0.6 is 33.2 Å². The summed E-state index contributed by atoms with van der Waals surface area (Å²) in [6, 6.07) is 6.71. The third-order valence-corrected chi connectivity index (χ3v) is 6.86. The lowest BCUT2D eigenvalue weighted by molar-refractivity contribution is 0.316. The predicted octanol–water partition coefficient (Wildman–Crippen LogP) is 6.40. The first kappa shape index (κ1) is 17.5. The molecule has 0 bridgehead atoms. The molecule has 1 aromatic carbocycles. The van der Waals surface area contributed by atoms with E-state index < -0.39 is 6.00 Å². The van der Waals surface area contributed by atoms with Gasteiger partial charge in [0, 0.05) is 0 Å². The van der Waals surface area contributed by atoms with Gasteiger partial charge in [-0.2, -0.15) is 0 Å². The first-order chi connectivity index (χ1) is 9.94. The number of hydrogen-bond donors (Lipinski definition) is 0. The molecule has 0 amide bonds. The summed E-state index contributed by atoms with van der Waals surface area (Å²) >= 11 is 17.5. The van der Waals surface area contributed by atoms with E-state index in [4.69, 9.17) is 38.0 Å². The van der Waals surface area contributed by atoms with Crippen molar-refractivity contribution in [1.29, 1.82) is 0 Å². The highest BCUT2D eigenvalue weighted by Crippen LogP contribution is 2.36. The summed E-state index contributed by atoms with van der Waals surface area (Å²) in [7, 11) is 0. The van der Waals surface area contributed by atoms with Crippen LogP contribution in [0.5, 0.6) is 5.75 Å². The first-order valence-corrected chi connectivity index (χ1v) is 13.0. The predicted molar refractivity (Wildman–Crippen MR) is 95.0 cm³/mol. The number of ether oxygens (including phenoxy) is 1. The van der Waals surface area contributed by atoms with Crippen LogP contribution in [0.25, 0.3) is 0 Å². The van der Waals surface area contributed by atoms with Crippen LogP contribution in [0, 0.1) is 5.92 Å². The van der Waals surface area contributed by atoms with E-state index in [1.807, 2.05) is 0 Å². The fourth-order valence-corrected chi connectivity index (χ4v) is 4.64. The fraction of sp³-hybridized carbons (Fsp3) is 0.625. The van der Waals surface area contributed by atoms with Gasteiger partial charge in [-0.25, -0.2) is 0 Å². The Kier molecular flexibility index (Phi) is 6.73. The summed E-state index contributed by atoms with van der Waals surface area (Å²) in [6.07, 6.45) is 6.13. The molecule has 1 nitrogen and oxygen atoms in total. The number of rotatable bonds is 6. The van der Waals surface area contributed by atoms with Crippen LogP contribution < -0.4 is 4.74 Å². The molecule has 0 heterocycles. The van der Waals surface area contributed by atoms with Crippen LogP contribution in [0.2, 0.25) is 6.04 Å². The van der Waals surface area contributed by atoms with E-state index in [1.54, 1.807) is 0 Å². The lowest BCUT2D eigenvalue weighted by atomic mass is 9.79. The molecule has 1 saturated carbocycles. The van der Waals surface area contributed by atoms with Crippen molar-refractivity contribution in [2.45, 2.75) is 51.0 Å². The van der Waals surface area contributed by atoms with Gasteiger partial charge in [0.25, 0.3) is 0 Å². The van der Waals surface area contributed by atoms with Gasteiger partial charge in [0.05, 0.1) is 6.61 Å². The molecular weight excluding hydrogens is 343 g/mol. The molecule has 0 N–H and O–H groups in total. The highest BCUT2D eigenvalue weighted by atomic mass is 35.8. The highest BCUT2D eigenvalue weighted by molar-refractivity contribution is 7.64. The van der Waals surface area contributed by atoms with Crippen LogP contribution in [-0.4, -0.2) is 12.6 Å². The second kappa shape index (κ2) is 8.10. The van der Waals surface area contributed by atoms with Crippen molar-refractivity contribution in [1.82, 2.24) is 0 Å². The third kappa shape index (κ3) is 6.39. The SMILES string of the molecule is CC1CCC(c2ccc(OCCC[Si](Cl)(Cl)Cl)cc2)CC1. The van der Waals surface area contributed by atoms with Gasteiger partial charge < -0.3 is 4.74 Å². The second-order valence-electron chi connectivity index (χ2n) is 6.09. The summed E-state index contributed by atoms with van der Waals surface area (Å²) in [4.78, 5) is 0. The van der Waals surface area contributed by atoms with Gasteiger partial charge in [-0.05, 0) is 54.8 Å². The molecule has 0 unspecified atom stereocenters. The zero-order valence-corrected chi connectivity index (χ0v) is 15.7. The Morgan fingerprint density at radius 1 is 1.05 bits per heavy atom. The van der Waals surface area contributed by atoms with E-state index in [0.717, 1.165) is 24.0 Å². The minimum absolute atomic E-state index is 0.612. The maximum atomic E-state index is 5.85. The Labute approximate surface area is 143 Å². The van der Waals surface area contributed by atoms with Gasteiger partial charge >= 0.3 is 6.00 Å². The van der Waals surface area contributed by atoms with Gasteiger partial charge in [0.2, 0.25) is 0 Å². The molecule has 1 aromatic rings. The number of hydrogen-bond acceptors (Lipinski definition) is 1. The van der Waals surface area contributed by atoms with Crippen molar-refractivity contribution < 1.29 is 4.74 Å². The standard InChI is InChI=1S/C16H23Cl3OSi/c1-13-3-5-14(6-4-13)15-7-9-16(10-8-15)20-11-2-12-21(17,18)19/h7-10,13-14H,2-6,11-12H2,1H3. The molecule has 0 aromatic heterocycles. The van der Waals surface area contributed by atoms with Crippen LogP contribution in [0.15, 0.2) is 24.3 Å². The summed E-state index contributed by atoms with van der Waals surface area (Å²) in [5.41, 5.74) is 1.45. The molecule has 1 aliphatic carbocycles. The second-order valence-corrected chi connectivity index (χ2v) is 15.4. The van der Waals surface area contributed by atoms with Crippen molar-refractivity contribution in [2.24, 2.45) is 5.92 Å². The third-order valence-electron chi connectivity index (χ3n) is 4.24. The molecule has 0 saturated heterocycles. The van der Waals surface area contributed by atoms with Crippen molar-refractivity contribution in [3.05, 3.63) is 29.8 Å². The van der Waals surface area contributed by atoms with Gasteiger partial charge in [-0.3, -0.25) is 0 Å². The molecule has 0 spiro atoms. The van der Waals surface area contributed by atoms with E-state index >= 15 is 0 Å². The maximum Gasteiger partial charge on any atom is 0.341 e. The summed E-state index contributed by atoms with van der Waals surface area (Å²) in [5.74, 6) is 2.53. The Balaban J connectivity index is 1.77. The van der Waals surface area contributed by atoms with Crippen LogP contribution in [0.4, 0.5) is 0 Å². The molecule has 0 radical (unpaired) electrons. The molecule has 1 fully saturated rings. The number of halogens is 3. The minimum Gasteiger partial charge on any atom is -0.494 e. The number of benzene rings is 1. The van der Waals surface area contributed by atoms with Crippen molar-refractivity contribution in [2.75, 3.05) is 6.61 Å². The average Bonchev–Trinajstić information content (AvgIpc) is 2.44. The first-order valence-electron chi connectivity index (χ1n) is 7.73. The quantitative estimate of drug-likeness (QED) is 0.322. The van der Waals surface area contributed by atoms with Gasteiger partial charge in [-0.15, -0.1) is 33.2 Å². The Bertz CT molecular complexity index is 422. The maximum absolute atomic E-state index is 5.85. The van der Waals surface area contributed by atoms with Crippen LogP contribution in [-0.2, 0) is 0 Å². The fourth-order valence-electron chi connectivity index (χ4n) is 2.89. The van der Waals surface area contributed by atoms with Crippen molar-refractivity contribution >= 4 is 39.2 Å². The van der Waals surface area contributed by atoms with E-state index in [9.17, 15) is 0 Å². The van der Waals surface area contributed by atoms with E-state index in [2.05, 4.69) is 31.2 Å². The molecule has 0 atom stereocenters. The van der Waals surface area contributed by atoms with Crippen LogP contribution in [0.1, 0.15) is 50.5 Å². The normalized spacial score (nSPS) is 23.0. The molecule has 2 rings (SSSR count). The monoisotopic (exact) mass is 364 g/mol. The Morgan fingerprint density at radius 2 is 1.67 bits per heavy atom. The minimum atomic E-state index is -2.50. The lowest BCUT2D eigenvalue weighted by Crippen LogP contribution is -2.11. The van der Waals surface area contributed by atoms with Crippen molar-refractivity contribution in [3.8, 4) is 5.75 Å². The molecule has 1 aliphatic rings. The molecular formula is C16H23Cl3OSi. The largest absolute Gasteiger partial charge is 0.494 e. The van der Waals surface area contributed by atoms with E-state index in [0.29, 0.717) is 12.7 Å². The molecule has 21 heavy (non-hydrogen) atoms. The summed E-state index contributed by atoms with van der Waals surface area (Å²) < 4.78 is 5.71. The Hall–Kier alpha value is 0.107. The van der Waals surface area contributed by atoms with Gasteiger partial charge in [0.1, 0.15) is 5.75 Å². The molecule has 118 valence electrons. The van der Waals surface area contributed by atoms with E-state index in [1.165, 1.54) is 31.2 Å². The Morgan fingerprint density at radius 3 is 2.24 bits per heavy atom. The highest BCUT2D eigenvalue weighted by Gasteiger charge is 2.24. The van der Waals surface area contributed by atoms with Gasteiger partial charge in [-0.1, -0.05) is 31.9 Å². The summed E-state index contributed by atoms with van der Waals surface area (Å²) in [5, 5.41) is 0. The molecule has 5 heteroatoms. The van der Waals surface area contributed by atoms with E-state index in [-0.39, 0.29) is 0 Å². The van der Waals surface area contributed by atoms with Gasteiger partial charge in [0.15, 0.2) is 0 Å². The average molecular weight is 366 g/mol. The molecule has 0 aliphatic heterocycles. The van der Waals surface area contributed by atoms with Crippen molar-refractivity contribution in [3.63, 3.8) is 0 Å². The zero-order valence-electron chi connectivity index (χ0n) is 12.5. The lowest BCUT2D eigenvalue weighted by Gasteiger charge is -2.26.